The topological polar surface area (TPSA) is 26.3 Å². The molecule has 0 radical (unpaired) electrons. The van der Waals surface area contributed by atoms with E-state index in [9.17, 15) is 4.79 Å². The summed E-state index contributed by atoms with van der Waals surface area (Å²) in [5.41, 5.74) is 0. The second-order valence-electron chi connectivity index (χ2n) is 4.96. The van der Waals surface area contributed by atoms with Crippen molar-refractivity contribution in [2.24, 2.45) is 0 Å². The fourth-order valence-corrected chi connectivity index (χ4v) is 2.07. The average molecular weight is 254 g/mol. The molecule has 0 atom stereocenters. The van der Waals surface area contributed by atoms with Crippen LogP contribution in [0.3, 0.4) is 0 Å². The summed E-state index contributed by atoms with van der Waals surface area (Å²) < 4.78 is 5.40. The fourth-order valence-electron chi connectivity index (χ4n) is 2.07. The molecule has 0 bridgehead atoms. The predicted molar refractivity (Wildman–Crippen MR) is 77.6 cm³/mol. The minimum atomic E-state index is -0.272. The monoisotopic (exact) mass is 254 g/mol. The first-order valence-corrected chi connectivity index (χ1v) is 7.57. The maximum absolute atomic E-state index is 11.3. The number of carbonyl (C=O) groups is 1. The van der Waals surface area contributed by atoms with Gasteiger partial charge in [0.25, 0.3) is 0 Å². The molecule has 0 heterocycles. The number of hydrogen-bond donors (Lipinski definition) is 0. The van der Waals surface area contributed by atoms with Gasteiger partial charge in [-0.25, -0.2) is 4.79 Å². The Balaban J connectivity index is 3.84. The van der Waals surface area contributed by atoms with Gasteiger partial charge in [-0.15, -0.1) is 0 Å². The lowest BCUT2D eigenvalue weighted by Crippen LogP contribution is -2.16. The van der Waals surface area contributed by atoms with Crippen molar-refractivity contribution < 1.29 is 9.53 Å². The van der Waals surface area contributed by atoms with Crippen LogP contribution in [0.2, 0.25) is 0 Å². The van der Waals surface area contributed by atoms with Gasteiger partial charge >= 0.3 is 5.97 Å². The Kier molecular flexibility index (Phi) is 12.1. The third-order valence-electron chi connectivity index (χ3n) is 3.21. The van der Waals surface area contributed by atoms with Gasteiger partial charge in [0.05, 0.1) is 0 Å². The molecule has 0 aliphatic carbocycles. The Morgan fingerprint density at radius 1 is 1.00 bits per heavy atom. The Hall–Kier alpha value is -0.790. The smallest absolute Gasteiger partial charge is 0.330 e. The molecular formula is C16H30O2. The van der Waals surface area contributed by atoms with Crippen molar-refractivity contribution in [1.82, 2.24) is 0 Å². The summed E-state index contributed by atoms with van der Waals surface area (Å²) in [6.07, 6.45) is 13.2. The van der Waals surface area contributed by atoms with Crippen LogP contribution in [0.4, 0.5) is 0 Å². The highest BCUT2D eigenvalue weighted by molar-refractivity contribution is 5.81. The molecule has 0 aliphatic rings. The molecule has 0 amide bonds. The lowest BCUT2D eigenvalue weighted by Gasteiger charge is -2.17. The van der Waals surface area contributed by atoms with Gasteiger partial charge in [-0.2, -0.15) is 0 Å². The van der Waals surface area contributed by atoms with E-state index in [1.165, 1.54) is 44.6 Å². The molecule has 0 aromatic carbocycles. The van der Waals surface area contributed by atoms with Crippen LogP contribution in [0, 0.1) is 0 Å². The molecule has 0 unspecified atom stereocenters. The quantitative estimate of drug-likeness (QED) is 0.277. The second-order valence-corrected chi connectivity index (χ2v) is 4.96. The van der Waals surface area contributed by atoms with Crippen LogP contribution in [0.25, 0.3) is 0 Å². The molecule has 0 aliphatic heterocycles. The Morgan fingerprint density at radius 2 is 1.50 bits per heavy atom. The first-order valence-electron chi connectivity index (χ1n) is 7.57. The average Bonchev–Trinajstić information content (AvgIpc) is 2.39. The Bertz CT molecular complexity index is 199. The maximum Gasteiger partial charge on any atom is 0.330 e. The molecule has 0 rings (SSSR count). The van der Waals surface area contributed by atoms with Crippen LogP contribution < -0.4 is 0 Å². The van der Waals surface area contributed by atoms with Gasteiger partial charge in [-0.05, 0) is 25.7 Å². The van der Waals surface area contributed by atoms with Gasteiger partial charge in [0, 0.05) is 6.08 Å². The molecule has 0 aromatic heterocycles. The van der Waals surface area contributed by atoms with E-state index < -0.39 is 0 Å². The van der Waals surface area contributed by atoms with E-state index in [1.54, 1.807) is 0 Å². The molecule has 0 saturated carbocycles. The van der Waals surface area contributed by atoms with Crippen LogP contribution in [-0.4, -0.2) is 12.1 Å². The third-order valence-corrected chi connectivity index (χ3v) is 3.21. The second kappa shape index (κ2) is 12.7. The van der Waals surface area contributed by atoms with Crippen molar-refractivity contribution in [3.63, 3.8) is 0 Å². The van der Waals surface area contributed by atoms with E-state index in [0.29, 0.717) is 0 Å². The van der Waals surface area contributed by atoms with Gasteiger partial charge in [0.2, 0.25) is 0 Å². The molecule has 0 fully saturated rings. The minimum absolute atomic E-state index is 0.101. The maximum atomic E-state index is 11.3. The van der Waals surface area contributed by atoms with Crippen LogP contribution in [0.1, 0.15) is 78.1 Å². The third kappa shape index (κ3) is 10.4. The van der Waals surface area contributed by atoms with E-state index in [-0.39, 0.29) is 12.1 Å². The van der Waals surface area contributed by atoms with Crippen LogP contribution in [0.15, 0.2) is 12.7 Å². The zero-order valence-electron chi connectivity index (χ0n) is 12.2. The summed E-state index contributed by atoms with van der Waals surface area (Å²) in [4.78, 5) is 11.3. The highest BCUT2D eigenvalue weighted by Crippen LogP contribution is 2.15. The zero-order valence-corrected chi connectivity index (χ0v) is 12.2. The van der Waals surface area contributed by atoms with Crippen molar-refractivity contribution in [2.75, 3.05) is 0 Å². The first kappa shape index (κ1) is 17.2. The van der Waals surface area contributed by atoms with Gasteiger partial charge in [0.15, 0.2) is 0 Å². The van der Waals surface area contributed by atoms with Crippen LogP contribution in [0.5, 0.6) is 0 Å². The Morgan fingerprint density at radius 3 is 1.89 bits per heavy atom. The SMILES string of the molecule is C=CC(=O)OC(CCCCCC)CCCCCC. The highest BCUT2D eigenvalue weighted by Gasteiger charge is 2.11. The van der Waals surface area contributed by atoms with E-state index in [4.69, 9.17) is 4.74 Å². The number of unbranched alkanes of at least 4 members (excludes halogenated alkanes) is 6. The highest BCUT2D eigenvalue weighted by atomic mass is 16.5. The number of rotatable bonds is 12. The van der Waals surface area contributed by atoms with E-state index in [0.717, 1.165) is 25.7 Å². The molecule has 106 valence electrons. The molecular weight excluding hydrogens is 224 g/mol. The summed E-state index contributed by atoms with van der Waals surface area (Å²) in [6.45, 7) is 7.88. The van der Waals surface area contributed by atoms with Gasteiger partial charge in [0.1, 0.15) is 6.10 Å². The normalized spacial score (nSPS) is 10.6. The van der Waals surface area contributed by atoms with E-state index in [1.807, 2.05) is 0 Å². The first-order chi connectivity index (χ1) is 8.74. The van der Waals surface area contributed by atoms with E-state index in [2.05, 4.69) is 20.4 Å². The van der Waals surface area contributed by atoms with Crippen LogP contribution >= 0.6 is 0 Å². The largest absolute Gasteiger partial charge is 0.459 e. The molecule has 2 nitrogen and oxygen atoms in total. The molecule has 18 heavy (non-hydrogen) atoms. The summed E-state index contributed by atoms with van der Waals surface area (Å²) in [7, 11) is 0. The summed E-state index contributed by atoms with van der Waals surface area (Å²) in [5.74, 6) is -0.272. The van der Waals surface area contributed by atoms with E-state index >= 15 is 0 Å². The van der Waals surface area contributed by atoms with Crippen molar-refractivity contribution in [3.8, 4) is 0 Å². The van der Waals surface area contributed by atoms with Gasteiger partial charge < -0.3 is 4.74 Å². The number of carbonyl (C=O) groups excluding carboxylic acids is 1. The minimum Gasteiger partial charge on any atom is -0.459 e. The molecule has 0 N–H and O–H groups in total. The lowest BCUT2D eigenvalue weighted by molar-refractivity contribution is -0.143. The van der Waals surface area contributed by atoms with Crippen LogP contribution in [-0.2, 0) is 9.53 Å². The van der Waals surface area contributed by atoms with Gasteiger partial charge in [-0.1, -0.05) is 59.0 Å². The van der Waals surface area contributed by atoms with Gasteiger partial charge in [-0.3, -0.25) is 0 Å². The molecule has 0 saturated heterocycles. The van der Waals surface area contributed by atoms with Crippen molar-refractivity contribution in [1.29, 1.82) is 0 Å². The fraction of sp³-hybridized carbons (Fsp3) is 0.812. The summed E-state index contributed by atoms with van der Waals surface area (Å²) >= 11 is 0. The molecule has 0 aromatic rings. The van der Waals surface area contributed by atoms with Crippen molar-refractivity contribution >= 4 is 5.97 Å². The van der Waals surface area contributed by atoms with Crippen molar-refractivity contribution in [3.05, 3.63) is 12.7 Å². The summed E-state index contributed by atoms with van der Waals surface area (Å²) in [6, 6.07) is 0. The molecule has 2 heteroatoms. The Labute approximate surface area is 113 Å². The lowest BCUT2D eigenvalue weighted by atomic mass is 10.0. The predicted octanol–water partition coefficient (Wildman–Crippen LogP) is 5.03. The van der Waals surface area contributed by atoms with Crippen molar-refractivity contribution in [2.45, 2.75) is 84.2 Å². The number of hydrogen-bond acceptors (Lipinski definition) is 2. The standard InChI is InChI=1S/C16H30O2/c1-4-7-9-11-13-15(18-16(17)6-3)14-12-10-8-5-2/h6,15H,3-5,7-14H2,1-2H3. The zero-order chi connectivity index (χ0) is 13.6. The summed E-state index contributed by atoms with van der Waals surface area (Å²) in [5, 5.41) is 0. The number of ether oxygens (including phenoxy) is 1. The molecule has 0 spiro atoms. The number of esters is 1.